The lowest BCUT2D eigenvalue weighted by atomic mass is 10.2. The van der Waals surface area contributed by atoms with Crippen LogP contribution < -0.4 is 4.29 Å². The summed E-state index contributed by atoms with van der Waals surface area (Å²) >= 11 is 5.19. The van der Waals surface area contributed by atoms with Crippen LogP contribution in [0.2, 0.25) is 0 Å². The predicted octanol–water partition coefficient (Wildman–Crippen LogP) is 4.33. The molecule has 0 bridgehead atoms. The van der Waals surface area contributed by atoms with Crippen molar-refractivity contribution in [2.45, 2.75) is 0 Å². The molecule has 0 unspecified atom stereocenters. The van der Waals surface area contributed by atoms with Crippen molar-refractivity contribution in [3.8, 4) is 5.75 Å². The van der Waals surface area contributed by atoms with E-state index in [1.54, 1.807) is 36.4 Å². The third-order valence-corrected chi connectivity index (χ3v) is 2.50. The molecule has 0 aliphatic rings. The quantitative estimate of drug-likeness (QED) is 0.845. The lowest BCUT2D eigenvalue weighted by molar-refractivity contribution is 0.0697. The Morgan fingerprint density at radius 3 is 1.84 bits per heavy atom. The van der Waals surface area contributed by atoms with Gasteiger partial charge in [0.25, 0.3) is 0 Å². The Bertz CT molecular complexity index is 594. The second-order valence-corrected chi connectivity index (χ2v) is 3.78. The van der Waals surface area contributed by atoms with Crippen molar-refractivity contribution in [1.29, 1.82) is 0 Å². The smallest absolute Gasteiger partial charge is 0.335 e. The normalized spacial score (nSPS) is 10.6. The summed E-state index contributed by atoms with van der Waals surface area (Å²) in [6, 6.07) is 12.8. The van der Waals surface area contributed by atoms with Gasteiger partial charge in [-0.2, -0.15) is 10.2 Å². The number of carboxylic acids is 1. The average molecular weight is 277 g/mol. The standard InChI is InChI=1S/C13H9ClN2O3/c14-19-12-7-5-11(6-8-12)16-15-10-3-1-9(2-4-10)13(17)18/h1-8H,(H,17,18). The molecule has 0 spiro atoms. The van der Waals surface area contributed by atoms with Crippen molar-refractivity contribution in [3.05, 3.63) is 54.1 Å². The van der Waals surface area contributed by atoms with Crippen LogP contribution in [0.4, 0.5) is 11.4 Å². The third kappa shape index (κ3) is 3.53. The van der Waals surface area contributed by atoms with Crippen LogP contribution in [0.5, 0.6) is 5.75 Å². The number of azo groups is 1. The summed E-state index contributed by atoms with van der Waals surface area (Å²) in [5.41, 5.74) is 1.42. The van der Waals surface area contributed by atoms with Gasteiger partial charge in [0.2, 0.25) is 0 Å². The second-order valence-electron chi connectivity index (χ2n) is 3.62. The maximum absolute atomic E-state index is 10.7. The largest absolute Gasteiger partial charge is 0.478 e. The van der Waals surface area contributed by atoms with Crippen molar-refractivity contribution in [3.63, 3.8) is 0 Å². The molecule has 0 heterocycles. The molecular formula is C13H9ClN2O3. The molecule has 19 heavy (non-hydrogen) atoms. The molecule has 5 nitrogen and oxygen atoms in total. The summed E-state index contributed by atoms with van der Waals surface area (Å²) in [7, 11) is 0. The van der Waals surface area contributed by atoms with Crippen molar-refractivity contribution in [1.82, 2.24) is 0 Å². The molecule has 0 saturated carbocycles. The molecule has 2 aromatic rings. The molecule has 1 N–H and O–H groups in total. The fourth-order valence-corrected chi connectivity index (χ4v) is 1.45. The molecule has 96 valence electrons. The maximum atomic E-state index is 10.7. The molecule has 0 atom stereocenters. The molecule has 0 aliphatic carbocycles. The van der Waals surface area contributed by atoms with Crippen LogP contribution in [0.15, 0.2) is 58.8 Å². The zero-order valence-electron chi connectivity index (χ0n) is 9.65. The summed E-state index contributed by atoms with van der Waals surface area (Å²) in [6.45, 7) is 0. The van der Waals surface area contributed by atoms with Crippen LogP contribution in [-0.2, 0) is 0 Å². The summed E-state index contributed by atoms with van der Waals surface area (Å²) < 4.78 is 4.51. The fourth-order valence-electron chi connectivity index (χ4n) is 1.35. The monoisotopic (exact) mass is 276 g/mol. The van der Waals surface area contributed by atoms with E-state index in [1.807, 2.05) is 0 Å². The van der Waals surface area contributed by atoms with Gasteiger partial charge >= 0.3 is 5.97 Å². The van der Waals surface area contributed by atoms with Gasteiger partial charge in [-0.05, 0) is 48.5 Å². The molecule has 0 amide bonds. The molecule has 6 heteroatoms. The number of carbonyl (C=O) groups is 1. The van der Waals surface area contributed by atoms with E-state index in [0.29, 0.717) is 17.1 Å². The number of benzene rings is 2. The van der Waals surface area contributed by atoms with Gasteiger partial charge in [0.05, 0.1) is 16.9 Å². The van der Waals surface area contributed by atoms with Crippen molar-refractivity contribution in [2.75, 3.05) is 0 Å². The Hall–Kier alpha value is -2.40. The zero-order chi connectivity index (χ0) is 13.7. The van der Waals surface area contributed by atoms with Crippen LogP contribution in [0, 0.1) is 0 Å². The zero-order valence-corrected chi connectivity index (χ0v) is 10.4. The highest BCUT2D eigenvalue weighted by molar-refractivity contribution is 6.09. The average Bonchev–Trinajstić information content (AvgIpc) is 2.46. The van der Waals surface area contributed by atoms with Crippen molar-refractivity contribution < 1.29 is 14.2 Å². The lowest BCUT2D eigenvalue weighted by Crippen LogP contribution is -1.93. The summed E-state index contributed by atoms with van der Waals surface area (Å²) in [6.07, 6.45) is 0. The number of carboxylic acid groups (broad SMARTS) is 1. The number of halogens is 1. The first-order chi connectivity index (χ1) is 9.19. The third-order valence-electron chi connectivity index (χ3n) is 2.32. The van der Waals surface area contributed by atoms with Crippen LogP contribution in [0.25, 0.3) is 0 Å². The van der Waals surface area contributed by atoms with Gasteiger partial charge in [-0.15, -0.1) is 0 Å². The van der Waals surface area contributed by atoms with E-state index in [0.717, 1.165) is 0 Å². The number of aromatic carboxylic acids is 1. The minimum atomic E-state index is -0.972. The first-order valence-corrected chi connectivity index (χ1v) is 5.63. The highest BCUT2D eigenvalue weighted by atomic mass is 35.5. The van der Waals surface area contributed by atoms with E-state index < -0.39 is 5.97 Å². The Labute approximate surface area is 114 Å². The van der Waals surface area contributed by atoms with Gasteiger partial charge in [-0.25, -0.2) is 4.79 Å². The topological polar surface area (TPSA) is 71.2 Å². The van der Waals surface area contributed by atoms with Crippen molar-refractivity contribution in [2.24, 2.45) is 10.2 Å². The van der Waals surface area contributed by atoms with Crippen LogP contribution in [0.1, 0.15) is 10.4 Å². The summed E-state index contributed by atoms with van der Waals surface area (Å²) in [5, 5.41) is 16.8. The highest BCUT2D eigenvalue weighted by Crippen LogP contribution is 2.21. The summed E-state index contributed by atoms with van der Waals surface area (Å²) in [4.78, 5) is 10.7. The molecule has 0 saturated heterocycles. The Kier molecular flexibility index (Phi) is 4.10. The molecule has 2 rings (SSSR count). The SMILES string of the molecule is O=C(O)c1ccc(N=Nc2ccc(OCl)cc2)cc1. The number of rotatable bonds is 4. The van der Waals surface area contributed by atoms with Gasteiger partial charge < -0.3 is 9.40 Å². The Morgan fingerprint density at radius 1 is 0.947 bits per heavy atom. The van der Waals surface area contributed by atoms with Crippen molar-refractivity contribution >= 4 is 29.2 Å². The van der Waals surface area contributed by atoms with E-state index in [9.17, 15) is 4.79 Å². The molecule has 2 aromatic carbocycles. The second kappa shape index (κ2) is 5.97. The van der Waals surface area contributed by atoms with E-state index in [2.05, 4.69) is 14.5 Å². The maximum Gasteiger partial charge on any atom is 0.335 e. The van der Waals surface area contributed by atoms with Gasteiger partial charge in [-0.1, -0.05) is 0 Å². The molecule has 0 fully saturated rings. The van der Waals surface area contributed by atoms with E-state index >= 15 is 0 Å². The van der Waals surface area contributed by atoms with E-state index in [4.69, 9.17) is 17.0 Å². The molecule has 0 aliphatic heterocycles. The minimum absolute atomic E-state index is 0.211. The molecule has 0 radical (unpaired) electrons. The Balaban J connectivity index is 2.10. The van der Waals surface area contributed by atoms with E-state index in [-0.39, 0.29) is 5.56 Å². The van der Waals surface area contributed by atoms with Gasteiger partial charge in [0.15, 0.2) is 0 Å². The van der Waals surface area contributed by atoms with Crippen LogP contribution in [0.3, 0.4) is 0 Å². The van der Waals surface area contributed by atoms with Crippen LogP contribution in [-0.4, -0.2) is 11.1 Å². The number of hydrogen-bond donors (Lipinski definition) is 1. The predicted molar refractivity (Wildman–Crippen MR) is 70.5 cm³/mol. The minimum Gasteiger partial charge on any atom is -0.478 e. The summed E-state index contributed by atoms with van der Waals surface area (Å²) in [5.74, 6) is -0.452. The highest BCUT2D eigenvalue weighted by Gasteiger charge is 2.00. The lowest BCUT2D eigenvalue weighted by Gasteiger charge is -1.96. The first kappa shape index (κ1) is 13.0. The fraction of sp³-hybridized carbons (Fsp3) is 0. The van der Waals surface area contributed by atoms with Crippen LogP contribution >= 0.6 is 11.9 Å². The number of hydrogen-bond acceptors (Lipinski definition) is 4. The van der Waals surface area contributed by atoms with E-state index in [1.165, 1.54) is 12.1 Å². The van der Waals surface area contributed by atoms with Gasteiger partial charge in [-0.3, -0.25) is 0 Å². The Morgan fingerprint density at radius 2 is 1.42 bits per heavy atom. The van der Waals surface area contributed by atoms with Gasteiger partial charge in [0.1, 0.15) is 17.6 Å². The number of nitrogens with zero attached hydrogens (tertiary/aromatic N) is 2. The first-order valence-electron chi connectivity index (χ1n) is 5.33. The van der Waals surface area contributed by atoms with Gasteiger partial charge in [0, 0.05) is 0 Å². The molecule has 0 aromatic heterocycles. The molecular weight excluding hydrogens is 268 g/mol.